The minimum Gasteiger partial charge on any atom is -0.390 e. The molecule has 0 aliphatic heterocycles. The average Bonchev–Trinajstić information content (AvgIpc) is 2.27. The smallest absolute Gasteiger partial charge is 0.390 e. The van der Waals surface area contributed by atoms with Crippen molar-refractivity contribution in [2.75, 3.05) is 0 Å². The molecule has 1 rings (SSSR count). The largest absolute Gasteiger partial charge is 0.436 e. The summed E-state index contributed by atoms with van der Waals surface area (Å²) in [6, 6.07) is 0. The maximum absolute atomic E-state index is 10.4. The number of nitrogens with zero attached hydrogens (tertiary/aromatic N) is 3. The Kier molecular flexibility index (Phi) is 2.22. The maximum Gasteiger partial charge on any atom is 0.436 e. The molecule has 0 unspecified atom stereocenters. The first-order valence-electron chi connectivity index (χ1n) is 2.89. The Bertz CT molecular complexity index is 346. The topological polar surface area (TPSA) is 78.0 Å². The zero-order valence-corrected chi connectivity index (χ0v) is 7.61. The second-order valence-electron chi connectivity index (χ2n) is 2.02. The molecule has 0 fully saturated rings. The lowest BCUT2D eigenvalue weighted by molar-refractivity contribution is -0.396. The fourth-order valence-electron chi connectivity index (χ4n) is 0.757. The molecule has 1 heterocycles. The fraction of sp³-hybridized carbons (Fsp3) is 0.200. The third-order valence-corrected chi connectivity index (χ3v) is 1.93. The average molecular weight is 234 g/mol. The summed E-state index contributed by atoms with van der Waals surface area (Å²) in [4.78, 5) is 23.5. The van der Waals surface area contributed by atoms with Crippen LogP contribution in [0, 0.1) is 10.1 Å². The molecule has 12 heavy (non-hydrogen) atoms. The van der Waals surface area contributed by atoms with Crippen LogP contribution in [0.25, 0.3) is 0 Å². The Morgan fingerprint density at radius 3 is 2.58 bits per heavy atom. The van der Waals surface area contributed by atoms with Crippen molar-refractivity contribution in [1.29, 1.82) is 0 Å². The molecule has 0 bridgehead atoms. The summed E-state index contributed by atoms with van der Waals surface area (Å²) >= 11 is 2.93. The van der Waals surface area contributed by atoms with Gasteiger partial charge in [-0.1, -0.05) is 4.98 Å². The predicted octanol–water partition coefficient (Wildman–Crippen LogP) is 0.903. The van der Waals surface area contributed by atoms with Gasteiger partial charge in [-0.15, -0.1) is 0 Å². The van der Waals surface area contributed by atoms with Crippen molar-refractivity contribution in [3.8, 4) is 0 Å². The van der Waals surface area contributed by atoms with Crippen LogP contribution in [0.3, 0.4) is 0 Å². The minimum atomic E-state index is -0.655. The lowest BCUT2D eigenvalue weighted by Gasteiger charge is -1.92. The zero-order valence-electron chi connectivity index (χ0n) is 6.02. The summed E-state index contributed by atoms with van der Waals surface area (Å²) in [6.45, 7) is 0. The Labute approximate surface area is 75.5 Å². The van der Waals surface area contributed by atoms with Crippen molar-refractivity contribution in [3.63, 3.8) is 0 Å². The molecule has 0 aliphatic carbocycles. The highest BCUT2D eigenvalue weighted by atomic mass is 79.9. The molecule has 0 aliphatic rings. The maximum atomic E-state index is 10.4. The van der Waals surface area contributed by atoms with Crippen molar-refractivity contribution in [2.45, 2.75) is 0 Å². The van der Waals surface area contributed by atoms with Gasteiger partial charge in [-0.05, 0) is 20.9 Å². The van der Waals surface area contributed by atoms with E-state index in [4.69, 9.17) is 0 Å². The van der Waals surface area contributed by atoms with Gasteiger partial charge in [-0.25, -0.2) is 4.57 Å². The molecular formula is C5H4BrN3O3. The van der Waals surface area contributed by atoms with E-state index >= 15 is 0 Å². The van der Waals surface area contributed by atoms with E-state index in [1.807, 2.05) is 0 Å². The van der Waals surface area contributed by atoms with Gasteiger partial charge in [0, 0.05) is 0 Å². The summed E-state index contributed by atoms with van der Waals surface area (Å²) < 4.78 is 1.29. The Morgan fingerprint density at radius 2 is 2.33 bits per heavy atom. The first-order chi connectivity index (χ1) is 5.57. The number of rotatable bonds is 2. The van der Waals surface area contributed by atoms with Gasteiger partial charge in [0.2, 0.25) is 4.60 Å². The molecule has 0 spiro atoms. The highest BCUT2D eigenvalue weighted by Gasteiger charge is 2.22. The number of aromatic nitrogens is 2. The van der Waals surface area contributed by atoms with Crippen LogP contribution in [0.5, 0.6) is 0 Å². The number of aldehydes is 1. The number of nitro groups is 1. The van der Waals surface area contributed by atoms with Crippen molar-refractivity contribution >= 4 is 28.2 Å². The lowest BCUT2D eigenvalue weighted by atomic mass is 10.5. The van der Waals surface area contributed by atoms with E-state index in [-0.39, 0.29) is 16.2 Å². The summed E-state index contributed by atoms with van der Waals surface area (Å²) in [5.74, 6) is -0.357. The molecule has 1 aromatic rings. The number of carbonyl (C=O) groups is 1. The lowest BCUT2D eigenvalue weighted by Crippen LogP contribution is -2.00. The van der Waals surface area contributed by atoms with E-state index in [2.05, 4.69) is 20.9 Å². The van der Waals surface area contributed by atoms with Crippen LogP contribution in [-0.2, 0) is 7.05 Å². The third kappa shape index (κ3) is 1.22. The van der Waals surface area contributed by atoms with Crippen LogP contribution >= 0.6 is 15.9 Å². The SMILES string of the molecule is Cn1c([N+](=O)[O-])nc(Br)c1C=O. The van der Waals surface area contributed by atoms with Gasteiger partial charge in [-0.2, -0.15) is 0 Å². The van der Waals surface area contributed by atoms with Crippen molar-refractivity contribution in [3.05, 3.63) is 20.4 Å². The van der Waals surface area contributed by atoms with Crippen LogP contribution in [-0.4, -0.2) is 20.8 Å². The molecule has 1 aromatic heterocycles. The molecule has 7 heteroatoms. The highest BCUT2D eigenvalue weighted by Crippen LogP contribution is 2.19. The van der Waals surface area contributed by atoms with E-state index in [0.29, 0.717) is 6.29 Å². The molecule has 0 radical (unpaired) electrons. The Hall–Kier alpha value is -1.24. The first kappa shape index (κ1) is 8.85. The van der Waals surface area contributed by atoms with Gasteiger partial charge in [0.25, 0.3) is 0 Å². The summed E-state index contributed by atoms with van der Waals surface area (Å²) in [5.41, 5.74) is 0.154. The normalized spacial score (nSPS) is 9.83. The fourth-order valence-corrected chi connectivity index (χ4v) is 1.28. The van der Waals surface area contributed by atoms with Gasteiger partial charge >= 0.3 is 5.95 Å². The van der Waals surface area contributed by atoms with Gasteiger partial charge in [0.05, 0.1) is 7.05 Å². The van der Waals surface area contributed by atoms with Gasteiger partial charge in [-0.3, -0.25) is 4.79 Å². The summed E-state index contributed by atoms with van der Waals surface area (Å²) in [5, 5.41) is 10.3. The van der Waals surface area contributed by atoms with Crippen molar-refractivity contribution in [2.24, 2.45) is 7.05 Å². The number of halogens is 1. The number of imidazole rings is 1. The van der Waals surface area contributed by atoms with Crippen LogP contribution in [0.1, 0.15) is 10.5 Å². The van der Waals surface area contributed by atoms with E-state index in [9.17, 15) is 14.9 Å². The minimum absolute atomic E-state index is 0.154. The van der Waals surface area contributed by atoms with Gasteiger partial charge in [0.1, 0.15) is 0 Å². The molecular weight excluding hydrogens is 230 g/mol. The molecule has 6 nitrogen and oxygen atoms in total. The van der Waals surface area contributed by atoms with E-state index in [1.54, 1.807) is 0 Å². The second kappa shape index (κ2) is 3.02. The van der Waals surface area contributed by atoms with Gasteiger partial charge < -0.3 is 10.1 Å². The van der Waals surface area contributed by atoms with Crippen LogP contribution < -0.4 is 0 Å². The number of hydrogen-bond donors (Lipinski definition) is 0. The van der Waals surface area contributed by atoms with Crippen molar-refractivity contribution < 1.29 is 9.72 Å². The molecule has 0 N–H and O–H groups in total. The summed E-state index contributed by atoms with van der Waals surface area (Å²) in [7, 11) is 1.40. The highest BCUT2D eigenvalue weighted by molar-refractivity contribution is 9.10. The predicted molar refractivity (Wildman–Crippen MR) is 42.9 cm³/mol. The summed E-state index contributed by atoms with van der Waals surface area (Å²) in [6.07, 6.45) is 0.504. The molecule has 0 amide bonds. The molecule has 0 aromatic carbocycles. The van der Waals surface area contributed by atoms with Crippen LogP contribution in [0.4, 0.5) is 5.95 Å². The Morgan fingerprint density at radius 1 is 1.75 bits per heavy atom. The van der Waals surface area contributed by atoms with E-state index < -0.39 is 4.92 Å². The molecule has 64 valence electrons. The van der Waals surface area contributed by atoms with E-state index in [0.717, 1.165) is 4.57 Å². The van der Waals surface area contributed by atoms with E-state index in [1.165, 1.54) is 7.05 Å². The molecule has 0 saturated carbocycles. The monoisotopic (exact) mass is 233 g/mol. The quantitative estimate of drug-likeness (QED) is 0.432. The zero-order chi connectivity index (χ0) is 9.30. The standard InChI is InChI=1S/C5H4BrN3O3/c1-8-3(2-10)4(6)7-5(8)9(11)12/h2H,1H3. The number of hydrogen-bond acceptors (Lipinski definition) is 4. The first-order valence-corrected chi connectivity index (χ1v) is 3.69. The Balaban J connectivity index is 3.35. The van der Waals surface area contributed by atoms with Crippen LogP contribution in [0.15, 0.2) is 4.60 Å². The van der Waals surface area contributed by atoms with Crippen LogP contribution in [0.2, 0.25) is 0 Å². The molecule has 0 saturated heterocycles. The van der Waals surface area contributed by atoms with Crippen molar-refractivity contribution in [1.82, 2.24) is 9.55 Å². The number of carbonyl (C=O) groups excluding carboxylic acids is 1. The molecule has 0 atom stereocenters. The van der Waals surface area contributed by atoms with Gasteiger partial charge in [0.15, 0.2) is 12.0 Å². The second-order valence-corrected chi connectivity index (χ2v) is 2.77. The third-order valence-electron chi connectivity index (χ3n) is 1.35.